The van der Waals surface area contributed by atoms with Crippen LogP contribution in [0.4, 0.5) is 0 Å². The maximum absolute atomic E-state index is 5.61. The Bertz CT molecular complexity index is 436. The smallest absolute Gasteiger partial charge is 0.0935 e. The lowest BCUT2D eigenvalue weighted by Crippen LogP contribution is -2.12. The predicted molar refractivity (Wildman–Crippen MR) is 69.5 cm³/mol. The molecule has 0 bridgehead atoms. The Morgan fingerprint density at radius 1 is 1.31 bits per heavy atom. The molecule has 1 unspecified atom stereocenters. The molecule has 1 aromatic carbocycles. The zero-order valence-corrected chi connectivity index (χ0v) is 10.2. The van der Waals surface area contributed by atoms with Gasteiger partial charge >= 0.3 is 0 Å². The quantitative estimate of drug-likeness (QED) is 0.880. The van der Waals surface area contributed by atoms with Crippen LogP contribution in [0.2, 0.25) is 0 Å². The summed E-state index contributed by atoms with van der Waals surface area (Å²) >= 11 is 1.72. The molecule has 2 N–H and O–H groups in total. The average molecular weight is 232 g/mol. The van der Waals surface area contributed by atoms with E-state index in [1.807, 2.05) is 18.2 Å². The number of nitrogens with two attached hydrogens (primary N) is 1. The first-order valence-electron chi connectivity index (χ1n) is 5.49. The van der Waals surface area contributed by atoms with Crippen LogP contribution in [0.1, 0.15) is 11.9 Å². The minimum Gasteiger partial charge on any atom is -0.330 e. The summed E-state index contributed by atoms with van der Waals surface area (Å²) in [6.07, 6.45) is 0.980. The zero-order valence-electron chi connectivity index (χ0n) is 9.39. The summed E-state index contributed by atoms with van der Waals surface area (Å²) in [5, 5.41) is 3.30. The normalized spacial score (nSPS) is 12.6. The first-order chi connectivity index (χ1) is 7.79. The molecule has 0 aliphatic rings. The van der Waals surface area contributed by atoms with Crippen molar-refractivity contribution in [1.82, 2.24) is 4.98 Å². The molecule has 16 heavy (non-hydrogen) atoms. The fraction of sp³-hybridized carbons (Fsp3) is 0.308. The molecule has 0 radical (unpaired) electrons. The highest BCUT2D eigenvalue weighted by Crippen LogP contribution is 2.22. The summed E-state index contributed by atoms with van der Waals surface area (Å²) in [6.45, 7) is 2.88. The molecule has 0 saturated carbocycles. The van der Waals surface area contributed by atoms with Crippen LogP contribution >= 0.6 is 11.3 Å². The number of hydrogen-bond donors (Lipinski definition) is 1. The van der Waals surface area contributed by atoms with E-state index < -0.39 is 0 Å². The van der Waals surface area contributed by atoms with E-state index in [2.05, 4.69) is 29.4 Å². The average Bonchev–Trinajstić information content (AvgIpc) is 2.78. The van der Waals surface area contributed by atoms with Crippen molar-refractivity contribution in [3.63, 3.8) is 0 Å². The Morgan fingerprint density at radius 3 is 2.75 bits per heavy atom. The molecule has 2 rings (SSSR count). The summed E-state index contributed by atoms with van der Waals surface area (Å²) in [4.78, 5) is 4.63. The Morgan fingerprint density at radius 2 is 2.06 bits per heavy atom. The lowest BCUT2D eigenvalue weighted by molar-refractivity contribution is 0.591. The third-order valence-corrected chi connectivity index (χ3v) is 3.42. The van der Waals surface area contributed by atoms with Crippen molar-refractivity contribution in [2.24, 2.45) is 11.7 Å². The molecule has 1 atom stereocenters. The molecular formula is C13H16N2S. The SMILES string of the molecule is CC(CN)Cc1nc(-c2ccccc2)cs1. The first kappa shape index (κ1) is 11.3. The van der Waals surface area contributed by atoms with Crippen LogP contribution in [-0.4, -0.2) is 11.5 Å². The topological polar surface area (TPSA) is 38.9 Å². The van der Waals surface area contributed by atoms with Crippen LogP contribution in [0.3, 0.4) is 0 Å². The van der Waals surface area contributed by atoms with Crippen LogP contribution in [0.25, 0.3) is 11.3 Å². The van der Waals surface area contributed by atoms with Gasteiger partial charge in [-0.15, -0.1) is 11.3 Å². The Balaban J connectivity index is 2.14. The first-order valence-corrected chi connectivity index (χ1v) is 6.37. The fourth-order valence-corrected chi connectivity index (χ4v) is 2.50. The van der Waals surface area contributed by atoms with Crippen molar-refractivity contribution in [3.8, 4) is 11.3 Å². The van der Waals surface area contributed by atoms with Crippen LogP contribution in [0.15, 0.2) is 35.7 Å². The lowest BCUT2D eigenvalue weighted by atomic mass is 10.1. The van der Waals surface area contributed by atoms with Crippen LogP contribution < -0.4 is 5.73 Å². The van der Waals surface area contributed by atoms with E-state index in [4.69, 9.17) is 5.73 Å². The number of benzene rings is 1. The molecule has 1 aromatic heterocycles. The van der Waals surface area contributed by atoms with E-state index in [0.29, 0.717) is 5.92 Å². The highest BCUT2D eigenvalue weighted by atomic mass is 32.1. The molecule has 0 saturated heterocycles. The van der Waals surface area contributed by atoms with Gasteiger partial charge in [-0.2, -0.15) is 0 Å². The van der Waals surface area contributed by atoms with Gasteiger partial charge in [-0.25, -0.2) is 4.98 Å². The molecule has 0 aliphatic heterocycles. The van der Waals surface area contributed by atoms with Gasteiger partial charge in [0.25, 0.3) is 0 Å². The summed E-state index contributed by atoms with van der Waals surface area (Å²) in [7, 11) is 0. The molecule has 2 aromatic rings. The minimum atomic E-state index is 0.509. The summed E-state index contributed by atoms with van der Waals surface area (Å²) in [5.41, 5.74) is 7.87. The second-order valence-electron chi connectivity index (χ2n) is 4.04. The third kappa shape index (κ3) is 2.68. The maximum Gasteiger partial charge on any atom is 0.0935 e. The van der Waals surface area contributed by atoms with Crippen molar-refractivity contribution < 1.29 is 0 Å². The van der Waals surface area contributed by atoms with Gasteiger partial charge in [0.15, 0.2) is 0 Å². The molecular weight excluding hydrogens is 216 g/mol. The highest BCUT2D eigenvalue weighted by molar-refractivity contribution is 7.09. The van der Waals surface area contributed by atoms with Gasteiger partial charge < -0.3 is 5.73 Å². The van der Waals surface area contributed by atoms with Crippen LogP contribution in [-0.2, 0) is 6.42 Å². The highest BCUT2D eigenvalue weighted by Gasteiger charge is 2.07. The van der Waals surface area contributed by atoms with Gasteiger partial charge in [0.2, 0.25) is 0 Å². The maximum atomic E-state index is 5.61. The van der Waals surface area contributed by atoms with E-state index in [1.54, 1.807) is 11.3 Å². The fourth-order valence-electron chi connectivity index (χ4n) is 1.53. The van der Waals surface area contributed by atoms with E-state index in [1.165, 1.54) is 10.6 Å². The van der Waals surface area contributed by atoms with Gasteiger partial charge in [-0.05, 0) is 12.5 Å². The summed E-state index contributed by atoms with van der Waals surface area (Å²) in [6, 6.07) is 10.3. The van der Waals surface area contributed by atoms with E-state index in [9.17, 15) is 0 Å². The molecule has 0 amide bonds. The van der Waals surface area contributed by atoms with Crippen LogP contribution in [0, 0.1) is 5.92 Å². The molecule has 84 valence electrons. The van der Waals surface area contributed by atoms with E-state index in [0.717, 1.165) is 18.7 Å². The van der Waals surface area contributed by atoms with Crippen molar-refractivity contribution in [2.75, 3.05) is 6.54 Å². The number of aromatic nitrogens is 1. The Labute approximate surface area is 100 Å². The van der Waals surface area contributed by atoms with Gasteiger partial charge in [0.1, 0.15) is 0 Å². The second kappa shape index (κ2) is 5.23. The van der Waals surface area contributed by atoms with Crippen LogP contribution in [0.5, 0.6) is 0 Å². The van der Waals surface area contributed by atoms with Crippen molar-refractivity contribution in [1.29, 1.82) is 0 Å². The third-order valence-electron chi connectivity index (χ3n) is 2.55. The van der Waals surface area contributed by atoms with Gasteiger partial charge in [0.05, 0.1) is 10.7 Å². The lowest BCUT2D eigenvalue weighted by Gasteiger charge is -2.03. The molecule has 1 heterocycles. The zero-order chi connectivity index (χ0) is 11.4. The molecule has 2 nitrogen and oxygen atoms in total. The number of hydrogen-bond acceptors (Lipinski definition) is 3. The molecule has 3 heteroatoms. The molecule has 0 fully saturated rings. The minimum absolute atomic E-state index is 0.509. The molecule has 0 spiro atoms. The van der Waals surface area contributed by atoms with Crippen molar-refractivity contribution >= 4 is 11.3 Å². The standard InChI is InChI=1S/C13H16N2S/c1-10(8-14)7-13-15-12(9-16-13)11-5-3-2-4-6-11/h2-6,9-10H,7-8,14H2,1H3. The van der Waals surface area contributed by atoms with E-state index >= 15 is 0 Å². The Kier molecular flexibility index (Phi) is 3.70. The van der Waals surface area contributed by atoms with Crippen molar-refractivity contribution in [2.45, 2.75) is 13.3 Å². The second-order valence-corrected chi connectivity index (χ2v) is 4.98. The molecule has 0 aliphatic carbocycles. The number of nitrogens with zero attached hydrogens (tertiary/aromatic N) is 1. The monoisotopic (exact) mass is 232 g/mol. The van der Waals surface area contributed by atoms with Crippen molar-refractivity contribution in [3.05, 3.63) is 40.7 Å². The van der Waals surface area contributed by atoms with Gasteiger partial charge in [-0.1, -0.05) is 37.3 Å². The van der Waals surface area contributed by atoms with Gasteiger partial charge in [-0.3, -0.25) is 0 Å². The van der Waals surface area contributed by atoms with E-state index in [-0.39, 0.29) is 0 Å². The summed E-state index contributed by atoms with van der Waals surface area (Å²) in [5.74, 6) is 0.509. The largest absolute Gasteiger partial charge is 0.330 e. The summed E-state index contributed by atoms with van der Waals surface area (Å²) < 4.78 is 0. The number of rotatable bonds is 4. The Hall–Kier alpha value is -1.19. The predicted octanol–water partition coefficient (Wildman–Crippen LogP) is 2.95. The van der Waals surface area contributed by atoms with Gasteiger partial charge in [0, 0.05) is 17.4 Å². The number of thiazole rings is 1.